The largest absolute Gasteiger partial charge is 0.396 e. The molecule has 0 unspecified atom stereocenters. The number of amides is 2. The van der Waals surface area contributed by atoms with Crippen molar-refractivity contribution in [2.24, 2.45) is 0 Å². The second-order valence-electron chi connectivity index (χ2n) is 5.38. The average molecular weight is 290 g/mol. The standard InChI is InChI=1S/C16H22N2O3/c1-12-11-13(17-15(20)5-2-3-10-19)7-8-14(12)18-9-4-6-16(18)21/h7-8,11,19H,2-6,9-10H2,1H3,(H,17,20). The van der Waals surface area contributed by atoms with E-state index in [0.29, 0.717) is 25.7 Å². The Hall–Kier alpha value is -1.88. The summed E-state index contributed by atoms with van der Waals surface area (Å²) in [7, 11) is 0. The predicted molar refractivity (Wildman–Crippen MR) is 82.3 cm³/mol. The minimum Gasteiger partial charge on any atom is -0.396 e. The summed E-state index contributed by atoms with van der Waals surface area (Å²) in [4.78, 5) is 25.3. The van der Waals surface area contributed by atoms with Crippen LogP contribution in [0.3, 0.4) is 0 Å². The first-order valence-electron chi connectivity index (χ1n) is 7.43. The monoisotopic (exact) mass is 290 g/mol. The van der Waals surface area contributed by atoms with Crippen molar-refractivity contribution in [2.45, 2.75) is 39.0 Å². The maximum absolute atomic E-state index is 11.8. The van der Waals surface area contributed by atoms with Crippen LogP contribution in [0.1, 0.15) is 37.7 Å². The van der Waals surface area contributed by atoms with Crippen molar-refractivity contribution in [3.8, 4) is 0 Å². The smallest absolute Gasteiger partial charge is 0.227 e. The fourth-order valence-corrected chi connectivity index (χ4v) is 2.56. The molecule has 1 saturated heterocycles. The molecule has 2 rings (SSSR count). The van der Waals surface area contributed by atoms with Crippen LogP contribution in [0.5, 0.6) is 0 Å². The Balaban J connectivity index is 1.98. The van der Waals surface area contributed by atoms with Gasteiger partial charge in [-0.15, -0.1) is 0 Å². The highest BCUT2D eigenvalue weighted by Crippen LogP contribution is 2.27. The van der Waals surface area contributed by atoms with Crippen molar-refractivity contribution in [3.05, 3.63) is 23.8 Å². The highest BCUT2D eigenvalue weighted by Gasteiger charge is 2.22. The van der Waals surface area contributed by atoms with E-state index in [1.165, 1.54) is 0 Å². The number of nitrogens with one attached hydrogen (secondary N) is 1. The molecule has 1 fully saturated rings. The molecule has 5 nitrogen and oxygen atoms in total. The molecular weight excluding hydrogens is 268 g/mol. The highest BCUT2D eigenvalue weighted by molar-refractivity contribution is 5.97. The van der Waals surface area contributed by atoms with E-state index in [-0.39, 0.29) is 18.4 Å². The number of benzene rings is 1. The molecule has 114 valence electrons. The van der Waals surface area contributed by atoms with Gasteiger partial charge in [0.15, 0.2) is 0 Å². The van der Waals surface area contributed by atoms with Gasteiger partial charge in [-0.3, -0.25) is 9.59 Å². The number of aryl methyl sites for hydroxylation is 1. The number of hydrogen-bond acceptors (Lipinski definition) is 3. The third-order valence-electron chi connectivity index (χ3n) is 3.66. The van der Waals surface area contributed by atoms with Gasteiger partial charge in [0.25, 0.3) is 0 Å². The van der Waals surface area contributed by atoms with Crippen molar-refractivity contribution in [1.82, 2.24) is 0 Å². The van der Waals surface area contributed by atoms with Gasteiger partial charge in [0.2, 0.25) is 11.8 Å². The zero-order valence-corrected chi connectivity index (χ0v) is 12.4. The molecule has 21 heavy (non-hydrogen) atoms. The van der Waals surface area contributed by atoms with E-state index in [1.807, 2.05) is 30.0 Å². The van der Waals surface area contributed by atoms with E-state index in [4.69, 9.17) is 5.11 Å². The number of rotatable bonds is 6. The van der Waals surface area contributed by atoms with Gasteiger partial charge in [0.05, 0.1) is 0 Å². The molecule has 0 spiro atoms. The van der Waals surface area contributed by atoms with Gasteiger partial charge in [-0.1, -0.05) is 0 Å². The van der Waals surface area contributed by atoms with Crippen LogP contribution in [0.2, 0.25) is 0 Å². The number of nitrogens with zero attached hydrogens (tertiary/aromatic N) is 1. The van der Waals surface area contributed by atoms with Gasteiger partial charge in [-0.05, 0) is 49.9 Å². The quantitative estimate of drug-likeness (QED) is 0.789. The maximum Gasteiger partial charge on any atom is 0.227 e. The van der Waals surface area contributed by atoms with E-state index >= 15 is 0 Å². The lowest BCUT2D eigenvalue weighted by Crippen LogP contribution is -2.24. The number of aliphatic hydroxyl groups excluding tert-OH is 1. The van der Waals surface area contributed by atoms with Gasteiger partial charge < -0.3 is 15.3 Å². The molecule has 1 aliphatic rings. The Morgan fingerprint density at radius 1 is 1.38 bits per heavy atom. The molecule has 0 aliphatic carbocycles. The molecule has 0 atom stereocenters. The number of carbonyl (C=O) groups excluding carboxylic acids is 2. The summed E-state index contributed by atoms with van der Waals surface area (Å²) >= 11 is 0. The number of unbranched alkanes of at least 4 members (excludes halogenated alkanes) is 1. The van der Waals surface area contributed by atoms with E-state index in [0.717, 1.165) is 29.9 Å². The first-order chi connectivity index (χ1) is 10.1. The fraction of sp³-hybridized carbons (Fsp3) is 0.500. The first-order valence-corrected chi connectivity index (χ1v) is 7.43. The summed E-state index contributed by atoms with van der Waals surface area (Å²) in [6.45, 7) is 2.83. The highest BCUT2D eigenvalue weighted by atomic mass is 16.3. The molecule has 0 bridgehead atoms. The fourth-order valence-electron chi connectivity index (χ4n) is 2.56. The summed E-state index contributed by atoms with van der Waals surface area (Å²) in [5.74, 6) is 0.117. The van der Waals surface area contributed by atoms with Crippen molar-refractivity contribution in [3.63, 3.8) is 0 Å². The zero-order chi connectivity index (χ0) is 15.2. The zero-order valence-electron chi connectivity index (χ0n) is 12.4. The van der Waals surface area contributed by atoms with Crippen LogP contribution in [0, 0.1) is 6.92 Å². The summed E-state index contributed by atoms with van der Waals surface area (Å²) in [5, 5.41) is 11.5. The molecule has 0 radical (unpaired) electrons. The normalized spacial score (nSPS) is 14.6. The molecule has 1 aliphatic heterocycles. The van der Waals surface area contributed by atoms with Gasteiger partial charge in [0, 0.05) is 37.4 Å². The summed E-state index contributed by atoms with van der Waals surface area (Å²) in [6, 6.07) is 5.62. The van der Waals surface area contributed by atoms with Gasteiger partial charge >= 0.3 is 0 Å². The predicted octanol–water partition coefficient (Wildman–Crippen LogP) is 2.22. The maximum atomic E-state index is 11.8. The molecule has 0 saturated carbocycles. The van der Waals surface area contributed by atoms with Crippen LogP contribution >= 0.6 is 0 Å². The van der Waals surface area contributed by atoms with E-state index in [1.54, 1.807) is 0 Å². The number of anilines is 2. The average Bonchev–Trinajstić information content (AvgIpc) is 2.85. The molecule has 2 amide bonds. The Labute approximate surface area is 125 Å². The first kappa shape index (κ1) is 15.5. The van der Waals surface area contributed by atoms with Crippen molar-refractivity contribution < 1.29 is 14.7 Å². The van der Waals surface area contributed by atoms with Crippen molar-refractivity contribution in [2.75, 3.05) is 23.4 Å². The molecule has 2 N–H and O–H groups in total. The molecule has 0 aromatic heterocycles. The molecule has 5 heteroatoms. The Bertz CT molecular complexity index is 528. The van der Waals surface area contributed by atoms with Gasteiger partial charge in [0.1, 0.15) is 0 Å². The van der Waals surface area contributed by atoms with E-state index in [2.05, 4.69) is 5.32 Å². The number of carbonyl (C=O) groups is 2. The van der Waals surface area contributed by atoms with Gasteiger partial charge in [-0.2, -0.15) is 0 Å². The summed E-state index contributed by atoms with van der Waals surface area (Å²) in [6.07, 6.45) is 3.25. The van der Waals surface area contributed by atoms with Crippen LogP contribution < -0.4 is 10.2 Å². The minimum atomic E-state index is -0.0483. The molecular formula is C16H22N2O3. The van der Waals surface area contributed by atoms with Crippen LogP contribution in [-0.2, 0) is 9.59 Å². The van der Waals surface area contributed by atoms with Crippen molar-refractivity contribution in [1.29, 1.82) is 0 Å². The summed E-state index contributed by atoms with van der Waals surface area (Å²) in [5.41, 5.74) is 2.66. The molecule has 1 aromatic rings. The van der Waals surface area contributed by atoms with Crippen LogP contribution in [0.15, 0.2) is 18.2 Å². The van der Waals surface area contributed by atoms with Crippen LogP contribution in [0.4, 0.5) is 11.4 Å². The number of hydrogen-bond donors (Lipinski definition) is 2. The van der Waals surface area contributed by atoms with Crippen LogP contribution in [-0.4, -0.2) is 30.1 Å². The third-order valence-corrected chi connectivity index (χ3v) is 3.66. The van der Waals surface area contributed by atoms with Crippen molar-refractivity contribution >= 4 is 23.2 Å². The Morgan fingerprint density at radius 2 is 2.19 bits per heavy atom. The number of aliphatic hydroxyl groups is 1. The summed E-state index contributed by atoms with van der Waals surface area (Å²) < 4.78 is 0. The second kappa shape index (κ2) is 7.22. The topological polar surface area (TPSA) is 69.6 Å². The van der Waals surface area contributed by atoms with E-state index in [9.17, 15) is 9.59 Å². The Kier molecular flexibility index (Phi) is 5.33. The Morgan fingerprint density at radius 3 is 2.81 bits per heavy atom. The lowest BCUT2D eigenvalue weighted by Gasteiger charge is -2.19. The SMILES string of the molecule is Cc1cc(NC(=O)CCCCO)ccc1N1CCCC1=O. The lowest BCUT2D eigenvalue weighted by atomic mass is 10.1. The van der Waals surface area contributed by atoms with E-state index < -0.39 is 0 Å². The molecule has 1 heterocycles. The second-order valence-corrected chi connectivity index (χ2v) is 5.38. The van der Waals surface area contributed by atoms with Crippen LogP contribution in [0.25, 0.3) is 0 Å². The molecule has 1 aromatic carbocycles. The van der Waals surface area contributed by atoms with Gasteiger partial charge in [-0.25, -0.2) is 0 Å². The lowest BCUT2D eigenvalue weighted by molar-refractivity contribution is -0.117. The third kappa shape index (κ3) is 4.04. The minimum absolute atomic E-state index is 0.0483.